The normalized spacial score (nSPS) is 20.1. The van der Waals surface area contributed by atoms with Gasteiger partial charge in [0, 0.05) is 37.9 Å². The zero-order chi connectivity index (χ0) is 24.1. The van der Waals surface area contributed by atoms with Crippen molar-refractivity contribution in [3.63, 3.8) is 0 Å². The van der Waals surface area contributed by atoms with Crippen LogP contribution in [-0.4, -0.2) is 65.1 Å². The Morgan fingerprint density at radius 1 is 0.882 bits per heavy atom. The minimum absolute atomic E-state index is 0.0440. The summed E-state index contributed by atoms with van der Waals surface area (Å²) >= 11 is 0. The molecule has 2 aliphatic heterocycles. The molecule has 1 N–H and O–H groups in total. The third-order valence-electron chi connectivity index (χ3n) is 6.73. The van der Waals surface area contributed by atoms with E-state index >= 15 is 0 Å². The van der Waals surface area contributed by atoms with E-state index in [1.165, 1.54) is 4.31 Å². The highest BCUT2D eigenvalue weighted by molar-refractivity contribution is 7.89. The summed E-state index contributed by atoms with van der Waals surface area (Å²) in [5, 5.41) is 3.18. The number of sulfonamides is 1. The van der Waals surface area contributed by atoms with E-state index in [0.29, 0.717) is 25.1 Å². The minimum atomic E-state index is -3.65. The van der Waals surface area contributed by atoms with Gasteiger partial charge in [0.1, 0.15) is 11.5 Å². The quantitative estimate of drug-likeness (QED) is 0.646. The first-order valence-corrected chi connectivity index (χ1v) is 13.2. The van der Waals surface area contributed by atoms with E-state index in [0.717, 1.165) is 37.4 Å². The number of ether oxygens (including phenoxy) is 2. The monoisotopic (exact) mass is 487 g/mol. The maximum absolute atomic E-state index is 13.1. The number of nitrogens with zero attached hydrogens (tertiary/aromatic N) is 2. The number of hydrogen-bond donors (Lipinski definition) is 1. The minimum Gasteiger partial charge on any atom is -0.497 e. The number of benzene rings is 2. The Hall–Kier alpha value is -2.78. The standard InChI is InChI=1S/C25H33N3O5S/c1-32-22-7-5-21(6-8-22)27-16-13-20(14-17-27)26-25(29)19-4-3-15-28(18-19)34(30,31)24-11-9-23(33-2)10-12-24/h5-12,19-20H,3-4,13-18H2,1-2H3,(H,26,29). The Morgan fingerprint density at radius 3 is 2.06 bits per heavy atom. The number of carbonyl (C=O) groups is 1. The van der Waals surface area contributed by atoms with Crippen LogP contribution >= 0.6 is 0 Å². The predicted molar refractivity (Wildman–Crippen MR) is 131 cm³/mol. The van der Waals surface area contributed by atoms with Gasteiger partial charge in [0.2, 0.25) is 15.9 Å². The van der Waals surface area contributed by atoms with Crippen LogP contribution in [0.3, 0.4) is 0 Å². The predicted octanol–water partition coefficient (Wildman–Crippen LogP) is 2.89. The lowest BCUT2D eigenvalue weighted by molar-refractivity contribution is -0.126. The third kappa shape index (κ3) is 5.47. The van der Waals surface area contributed by atoms with Gasteiger partial charge in [0.15, 0.2) is 0 Å². The van der Waals surface area contributed by atoms with Gasteiger partial charge in [-0.05, 0) is 74.2 Å². The number of amides is 1. The van der Waals surface area contributed by atoms with Crippen molar-refractivity contribution in [1.82, 2.24) is 9.62 Å². The second kappa shape index (κ2) is 10.7. The van der Waals surface area contributed by atoms with Crippen LogP contribution in [0, 0.1) is 5.92 Å². The van der Waals surface area contributed by atoms with E-state index in [1.54, 1.807) is 38.5 Å². The third-order valence-corrected chi connectivity index (χ3v) is 8.61. The fraction of sp³-hybridized carbons (Fsp3) is 0.480. The topological polar surface area (TPSA) is 88.2 Å². The number of rotatable bonds is 7. The summed E-state index contributed by atoms with van der Waals surface area (Å²) in [7, 11) is -0.449. The van der Waals surface area contributed by atoms with E-state index in [9.17, 15) is 13.2 Å². The molecule has 1 unspecified atom stereocenters. The molecule has 1 atom stereocenters. The second-order valence-corrected chi connectivity index (χ2v) is 10.8. The van der Waals surface area contributed by atoms with E-state index < -0.39 is 10.0 Å². The summed E-state index contributed by atoms with van der Waals surface area (Å²) < 4.78 is 38.0. The number of anilines is 1. The molecular formula is C25H33N3O5S. The van der Waals surface area contributed by atoms with Gasteiger partial charge in [0.25, 0.3) is 0 Å². The molecule has 34 heavy (non-hydrogen) atoms. The van der Waals surface area contributed by atoms with Crippen LogP contribution in [0.5, 0.6) is 11.5 Å². The van der Waals surface area contributed by atoms with Crippen molar-refractivity contribution in [2.75, 3.05) is 45.3 Å². The van der Waals surface area contributed by atoms with Crippen molar-refractivity contribution in [2.45, 2.75) is 36.6 Å². The Bertz CT molecular complexity index is 1060. The fourth-order valence-corrected chi connectivity index (χ4v) is 6.19. The summed E-state index contributed by atoms with van der Waals surface area (Å²) in [6.07, 6.45) is 3.09. The summed E-state index contributed by atoms with van der Waals surface area (Å²) in [4.78, 5) is 15.5. The second-order valence-electron chi connectivity index (χ2n) is 8.85. The summed E-state index contributed by atoms with van der Waals surface area (Å²) in [5.74, 6) is 1.06. The summed E-state index contributed by atoms with van der Waals surface area (Å²) in [6.45, 7) is 2.36. The van der Waals surface area contributed by atoms with Crippen LogP contribution in [0.25, 0.3) is 0 Å². The maximum Gasteiger partial charge on any atom is 0.243 e. The SMILES string of the molecule is COc1ccc(N2CCC(NC(=O)C3CCCN(S(=O)(=O)c4ccc(OC)cc4)C3)CC2)cc1. The largest absolute Gasteiger partial charge is 0.497 e. The van der Waals surface area contributed by atoms with Gasteiger partial charge in [-0.3, -0.25) is 4.79 Å². The number of hydrogen-bond acceptors (Lipinski definition) is 6. The van der Waals surface area contributed by atoms with Crippen molar-refractivity contribution < 1.29 is 22.7 Å². The lowest BCUT2D eigenvalue weighted by atomic mass is 9.97. The van der Waals surface area contributed by atoms with E-state index in [-0.39, 0.29) is 29.3 Å². The van der Waals surface area contributed by atoms with E-state index in [1.807, 2.05) is 12.1 Å². The maximum atomic E-state index is 13.1. The zero-order valence-electron chi connectivity index (χ0n) is 19.8. The molecule has 1 amide bonds. The van der Waals surface area contributed by atoms with E-state index in [4.69, 9.17) is 9.47 Å². The first-order chi connectivity index (χ1) is 16.4. The molecule has 0 aromatic heterocycles. The van der Waals surface area contributed by atoms with Crippen LogP contribution < -0.4 is 19.7 Å². The van der Waals surface area contributed by atoms with Gasteiger partial charge < -0.3 is 19.7 Å². The lowest BCUT2D eigenvalue weighted by Crippen LogP contribution is -2.50. The number of methoxy groups -OCH3 is 2. The Kier molecular flexibility index (Phi) is 7.63. The number of carbonyl (C=O) groups excluding carboxylic acids is 1. The molecule has 2 saturated heterocycles. The van der Waals surface area contributed by atoms with Crippen molar-refractivity contribution in [3.8, 4) is 11.5 Å². The molecule has 2 aliphatic rings. The average molecular weight is 488 g/mol. The molecule has 2 heterocycles. The summed E-state index contributed by atoms with van der Waals surface area (Å²) in [5.41, 5.74) is 1.15. The van der Waals surface area contributed by atoms with Gasteiger partial charge in [-0.15, -0.1) is 0 Å². The van der Waals surface area contributed by atoms with Gasteiger partial charge in [0.05, 0.1) is 25.0 Å². The highest BCUT2D eigenvalue weighted by atomic mass is 32.2. The van der Waals surface area contributed by atoms with Gasteiger partial charge in [-0.2, -0.15) is 4.31 Å². The van der Waals surface area contributed by atoms with Crippen molar-refractivity contribution >= 4 is 21.6 Å². The van der Waals surface area contributed by atoms with E-state index in [2.05, 4.69) is 22.3 Å². The van der Waals surface area contributed by atoms with Gasteiger partial charge in [-0.1, -0.05) is 0 Å². The molecule has 0 saturated carbocycles. The zero-order valence-corrected chi connectivity index (χ0v) is 20.6. The summed E-state index contributed by atoms with van der Waals surface area (Å²) in [6, 6.07) is 14.5. The Balaban J connectivity index is 1.31. The van der Waals surface area contributed by atoms with Gasteiger partial charge >= 0.3 is 0 Å². The number of nitrogens with one attached hydrogen (secondary N) is 1. The van der Waals surface area contributed by atoms with Crippen molar-refractivity contribution in [3.05, 3.63) is 48.5 Å². The van der Waals surface area contributed by atoms with Crippen LogP contribution in [0.2, 0.25) is 0 Å². The molecule has 0 spiro atoms. The molecule has 2 aromatic rings. The molecule has 0 aliphatic carbocycles. The average Bonchev–Trinajstić information content (AvgIpc) is 2.89. The van der Waals surface area contributed by atoms with Crippen molar-refractivity contribution in [2.24, 2.45) is 5.92 Å². The highest BCUT2D eigenvalue weighted by Crippen LogP contribution is 2.26. The molecule has 9 heteroatoms. The molecule has 184 valence electrons. The van der Waals surface area contributed by atoms with Crippen molar-refractivity contribution in [1.29, 1.82) is 0 Å². The van der Waals surface area contributed by atoms with Gasteiger partial charge in [-0.25, -0.2) is 8.42 Å². The Morgan fingerprint density at radius 2 is 1.47 bits per heavy atom. The molecule has 0 bridgehead atoms. The molecule has 2 aromatic carbocycles. The molecule has 8 nitrogen and oxygen atoms in total. The Labute approximate surface area is 201 Å². The smallest absolute Gasteiger partial charge is 0.243 e. The lowest BCUT2D eigenvalue weighted by Gasteiger charge is -2.36. The molecule has 0 radical (unpaired) electrons. The first-order valence-electron chi connectivity index (χ1n) is 11.7. The van der Waals surface area contributed by atoms with Crippen LogP contribution in [0.1, 0.15) is 25.7 Å². The van der Waals surface area contributed by atoms with Crippen LogP contribution in [-0.2, 0) is 14.8 Å². The van der Waals surface area contributed by atoms with Crippen LogP contribution in [0.4, 0.5) is 5.69 Å². The molecular weight excluding hydrogens is 454 g/mol. The molecule has 4 rings (SSSR count). The first kappa shape index (κ1) is 24.3. The van der Waals surface area contributed by atoms with Crippen LogP contribution in [0.15, 0.2) is 53.4 Å². The molecule has 2 fully saturated rings. The number of piperidine rings is 2. The highest BCUT2D eigenvalue weighted by Gasteiger charge is 2.34. The fourth-order valence-electron chi connectivity index (χ4n) is 4.67.